The van der Waals surface area contributed by atoms with Gasteiger partial charge in [-0.2, -0.15) is 0 Å². The van der Waals surface area contributed by atoms with Crippen LogP contribution in [0, 0.1) is 0 Å². The second kappa shape index (κ2) is 12.1. The Bertz CT molecular complexity index is 871. The molecule has 158 valence electrons. The molecular weight excluding hydrogens is 390 g/mol. The van der Waals surface area contributed by atoms with Crippen LogP contribution < -0.4 is 15.4 Å². The van der Waals surface area contributed by atoms with Gasteiger partial charge in [-0.25, -0.2) is 8.42 Å². The van der Waals surface area contributed by atoms with Crippen LogP contribution in [0.4, 0.5) is 5.69 Å². The average molecular weight is 420 g/mol. The Kier molecular flexibility index (Phi) is 9.46. The van der Waals surface area contributed by atoms with Gasteiger partial charge in [-0.1, -0.05) is 24.3 Å². The number of guanidine groups is 1. The summed E-state index contributed by atoms with van der Waals surface area (Å²) in [5.74, 6) is 1.21. The SMILES string of the molecule is CCNC(=NCCS(=O)(=O)c1ccccc1)Nc1cccc(OCCCOC)c1. The van der Waals surface area contributed by atoms with Crippen molar-refractivity contribution >= 4 is 21.5 Å². The molecule has 0 bridgehead atoms. The minimum Gasteiger partial charge on any atom is -0.493 e. The van der Waals surface area contributed by atoms with Gasteiger partial charge in [0, 0.05) is 38.4 Å². The number of anilines is 1. The number of hydrogen-bond donors (Lipinski definition) is 2. The van der Waals surface area contributed by atoms with Crippen LogP contribution in [0.25, 0.3) is 0 Å². The first-order chi connectivity index (χ1) is 14.0. The van der Waals surface area contributed by atoms with Gasteiger partial charge in [-0.3, -0.25) is 4.99 Å². The summed E-state index contributed by atoms with van der Waals surface area (Å²) >= 11 is 0. The highest BCUT2D eigenvalue weighted by Gasteiger charge is 2.13. The zero-order valence-corrected chi connectivity index (χ0v) is 17.7. The Labute approximate surface area is 173 Å². The lowest BCUT2D eigenvalue weighted by molar-refractivity contribution is 0.172. The third-order valence-electron chi connectivity index (χ3n) is 3.93. The van der Waals surface area contributed by atoms with E-state index in [0.717, 1.165) is 17.9 Å². The molecule has 0 atom stereocenters. The van der Waals surface area contributed by atoms with Crippen LogP contribution in [0.15, 0.2) is 64.5 Å². The molecule has 2 aromatic carbocycles. The smallest absolute Gasteiger partial charge is 0.195 e. The summed E-state index contributed by atoms with van der Waals surface area (Å²) in [6.45, 7) is 3.99. The quantitative estimate of drug-likeness (QED) is 0.331. The molecule has 0 saturated carbocycles. The molecule has 0 heterocycles. The first-order valence-corrected chi connectivity index (χ1v) is 11.3. The van der Waals surface area contributed by atoms with Crippen molar-refractivity contribution in [1.82, 2.24) is 5.32 Å². The van der Waals surface area contributed by atoms with Crippen LogP contribution in [0.5, 0.6) is 5.75 Å². The maximum absolute atomic E-state index is 12.4. The molecule has 0 amide bonds. The highest BCUT2D eigenvalue weighted by molar-refractivity contribution is 7.91. The average Bonchev–Trinajstić information content (AvgIpc) is 2.72. The fourth-order valence-corrected chi connectivity index (χ4v) is 3.66. The predicted octanol–water partition coefficient (Wildman–Crippen LogP) is 2.95. The number of rotatable bonds is 11. The van der Waals surface area contributed by atoms with Crippen molar-refractivity contribution in [3.8, 4) is 5.75 Å². The molecule has 0 fully saturated rings. The maximum atomic E-state index is 12.4. The van der Waals surface area contributed by atoms with Gasteiger partial charge in [0.1, 0.15) is 5.75 Å². The number of ether oxygens (including phenoxy) is 2. The van der Waals surface area contributed by atoms with E-state index >= 15 is 0 Å². The standard InChI is InChI=1S/C21H29N3O4S/c1-3-22-21(23-13-16-29(25,26)20-11-5-4-6-12-20)24-18-9-7-10-19(17-18)28-15-8-14-27-2/h4-7,9-12,17H,3,8,13-16H2,1-2H3,(H2,22,23,24). The lowest BCUT2D eigenvalue weighted by Gasteiger charge is -2.13. The van der Waals surface area contributed by atoms with E-state index in [1.54, 1.807) is 37.4 Å². The molecule has 0 unspecified atom stereocenters. The lowest BCUT2D eigenvalue weighted by Crippen LogP contribution is -2.31. The summed E-state index contributed by atoms with van der Waals surface area (Å²) in [6.07, 6.45) is 0.814. The Hall–Kier alpha value is -2.58. The fourth-order valence-electron chi connectivity index (χ4n) is 2.52. The van der Waals surface area contributed by atoms with Crippen LogP contribution >= 0.6 is 0 Å². The number of nitrogens with one attached hydrogen (secondary N) is 2. The summed E-state index contributed by atoms with van der Waals surface area (Å²) in [5.41, 5.74) is 0.805. The maximum Gasteiger partial charge on any atom is 0.195 e. The molecule has 2 rings (SSSR count). The minimum absolute atomic E-state index is 0.0593. The molecule has 0 aromatic heterocycles. The van der Waals surface area contributed by atoms with Crippen LogP contribution in [0.1, 0.15) is 13.3 Å². The molecular formula is C21H29N3O4S. The Balaban J connectivity index is 1.97. The molecule has 0 spiro atoms. The number of nitrogens with zero attached hydrogens (tertiary/aromatic N) is 1. The highest BCUT2D eigenvalue weighted by atomic mass is 32.2. The second-order valence-corrected chi connectivity index (χ2v) is 8.35. The molecule has 29 heavy (non-hydrogen) atoms. The first kappa shape index (κ1) is 22.7. The van der Waals surface area contributed by atoms with E-state index in [9.17, 15) is 8.42 Å². The van der Waals surface area contributed by atoms with E-state index < -0.39 is 9.84 Å². The highest BCUT2D eigenvalue weighted by Crippen LogP contribution is 2.17. The third kappa shape index (κ3) is 8.13. The molecule has 0 aliphatic rings. The molecule has 2 aromatic rings. The van der Waals surface area contributed by atoms with Gasteiger partial charge < -0.3 is 20.1 Å². The zero-order valence-electron chi connectivity index (χ0n) is 16.9. The van der Waals surface area contributed by atoms with Gasteiger partial charge >= 0.3 is 0 Å². The van der Waals surface area contributed by atoms with Crippen molar-refractivity contribution in [2.24, 2.45) is 4.99 Å². The molecule has 0 aliphatic heterocycles. The van der Waals surface area contributed by atoms with Gasteiger partial charge in [0.05, 0.1) is 23.8 Å². The summed E-state index contributed by atoms with van der Waals surface area (Å²) in [6, 6.07) is 16.0. The van der Waals surface area contributed by atoms with Gasteiger partial charge in [0.2, 0.25) is 0 Å². The fraction of sp³-hybridized carbons (Fsp3) is 0.381. The number of methoxy groups -OCH3 is 1. The van der Waals surface area contributed by atoms with Gasteiger partial charge in [-0.15, -0.1) is 0 Å². The molecule has 0 saturated heterocycles. The predicted molar refractivity (Wildman–Crippen MR) is 117 cm³/mol. The zero-order chi connectivity index (χ0) is 21.0. The van der Waals surface area contributed by atoms with Gasteiger partial charge in [-0.05, 0) is 31.2 Å². The Morgan fingerprint density at radius 3 is 2.59 bits per heavy atom. The van der Waals surface area contributed by atoms with Gasteiger partial charge in [0.25, 0.3) is 0 Å². The molecule has 8 heteroatoms. The molecule has 7 nitrogen and oxygen atoms in total. The third-order valence-corrected chi connectivity index (χ3v) is 5.65. The van der Waals surface area contributed by atoms with E-state index in [0.29, 0.717) is 30.6 Å². The van der Waals surface area contributed by atoms with Crippen molar-refractivity contribution < 1.29 is 17.9 Å². The van der Waals surface area contributed by atoms with Crippen molar-refractivity contribution in [2.45, 2.75) is 18.2 Å². The summed E-state index contributed by atoms with van der Waals surface area (Å²) < 4.78 is 35.5. The van der Waals surface area contributed by atoms with Crippen LogP contribution in [0.3, 0.4) is 0 Å². The monoisotopic (exact) mass is 419 g/mol. The van der Waals surface area contributed by atoms with Crippen molar-refractivity contribution in [1.29, 1.82) is 0 Å². The van der Waals surface area contributed by atoms with Crippen molar-refractivity contribution in [3.05, 3.63) is 54.6 Å². The topological polar surface area (TPSA) is 89.0 Å². The summed E-state index contributed by atoms with van der Waals surface area (Å²) in [4.78, 5) is 4.71. The number of hydrogen-bond acceptors (Lipinski definition) is 5. The number of benzene rings is 2. The minimum atomic E-state index is -3.36. The largest absolute Gasteiger partial charge is 0.493 e. The molecule has 2 N–H and O–H groups in total. The van der Waals surface area contributed by atoms with E-state index in [1.807, 2.05) is 31.2 Å². The van der Waals surface area contributed by atoms with E-state index in [1.165, 1.54) is 0 Å². The van der Waals surface area contributed by atoms with Gasteiger partial charge in [0.15, 0.2) is 15.8 Å². The summed E-state index contributed by atoms with van der Waals surface area (Å²) in [5, 5.41) is 6.31. The van der Waals surface area contributed by atoms with E-state index in [-0.39, 0.29) is 12.3 Å². The van der Waals surface area contributed by atoms with E-state index in [2.05, 4.69) is 15.6 Å². The Morgan fingerprint density at radius 1 is 1.07 bits per heavy atom. The normalized spacial score (nSPS) is 11.9. The number of aliphatic imine (C=N–C) groups is 1. The lowest BCUT2D eigenvalue weighted by atomic mass is 10.3. The Morgan fingerprint density at radius 2 is 1.86 bits per heavy atom. The second-order valence-electron chi connectivity index (χ2n) is 6.24. The molecule has 0 aliphatic carbocycles. The number of sulfone groups is 1. The first-order valence-electron chi connectivity index (χ1n) is 9.60. The molecule has 0 radical (unpaired) electrons. The van der Waals surface area contributed by atoms with Crippen molar-refractivity contribution in [2.75, 3.05) is 44.5 Å². The van der Waals surface area contributed by atoms with E-state index in [4.69, 9.17) is 9.47 Å². The summed E-state index contributed by atoms with van der Waals surface area (Å²) in [7, 11) is -1.69. The van der Waals surface area contributed by atoms with Crippen LogP contribution in [0.2, 0.25) is 0 Å². The van der Waals surface area contributed by atoms with Crippen LogP contribution in [-0.2, 0) is 14.6 Å². The van der Waals surface area contributed by atoms with Crippen LogP contribution in [-0.4, -0.2) is 53.5 Å². The van der Waals surface area contributed by atoms with Crippen molar-refractivity contribution in [3.63, 3.8) is 0 Å².